The van der Waals surface area contributed by atoms with Gasteiger partial charge in [0.2, 0.25) is 0 Å². The van der Waals surface area contributed by atoms with E-state index in [0.29, 0.717) is 6.04 Å². The Morgan fingerprint density at radius 2 is 2.05 bits per heavy atom. The molecule has 1 atom stereocenters. The molecular weight excluding hydrogens is 286 g/mol. The zero-order valence-corrected chi connectivity index (χ0v) is 14.4. The molecule has 0 bridgehead atoms. The second kappa shape index (κ2) is 8.41. The summed E-state index contributed by atoms with van der Waals surface area (Å²) in [6, 6.07) is 4.83. The Morgan fingerprint density at radius 3 is 2.60 bits per heavy atom. The first-order valence-electron chi connectivity index (χ1n) is 8.14. The zero-order chi connectivity index (χ0) is 14.4. The quantitative estimate of drug-likeness (QED) is 0.698. The van der Waals surface area contributed by atoms with Crippen LogP contribution in [0.1, 0.15) is 56.7 Å². The summed E-state index contributed by atoms with van der Waals surface area (Å²) in [6.45, 7) is 2.30. The van der Waals surface area contributed by atoms with E-state index in [2.05, 4.69) is 25.4 Å². The van der Waals surface area contributed by atoms with E-state index in [0.717, 1.165) is 22.6 Å². The highest BCUT2D eigenvalue weighted by atomic mass is 35.5. The molecule has 1 aromatic heterocycles. The van der Waals surface area contributed by atoms with Crippen LogP contribution in [0, 0.1) is 11.8 Å². The third-order valence-corrected chi connectivity index (χ3v) is 6.10. The summed E-state index contributed by atoms with van der Waals surface area (Å²) in [5, 5.41) is 3.55. The Balaban J connectivity index is 1.81. The second-order valence-corrected chi connectivity index (χ2v) is 8.03. The fourth-order valence-corrected chi connectivity index (χ4v) is 4.70. The summed E-state index contributed by atoms with van der Waals surface area (Å²) in [7, 11) is 2.11. The zero-order valence-electron chi connectivity index (χ0n) is 12.8. The molecule has 1 aliphatic carbocycles. The van der Waals surface area contributed by atoms with E-state index in [1.165, 1.54) is 49.8 Å². The number of hydrogen-bond acceptors (Lipinski definition) is 2. The van der Waals surface area contributed by atoms with Gasteiger partial charge in [-0.25, -0.2) is 0 Å². The minimum absolute atomic E-state index is 0.622. The molecule has 0 aromatic carbocycles. The second-order valence-electron chi connectivity index (χ2n) is 6.23. The monoisotopic (exact) mass is 313 g/mol. The lowest BCUT2D eigenvalue weighted by Crippen LogP contribution is -2.37. The first-order chi connectivity index (χ1) is 9.72. The SMILES string of the molecule is CCCCC1CCC(C(Cc2ccc(Cl)s2)NC)CC1. The Hall–Kier alpha value is -0.0500. The van der Waals surface area contributed by atoms with Crippen molar-refractivity contribution in [3.05, 3.63) is 21.3 Å². The van der Waals surface area contributed by atoms with Crippen LogP contribution in [-0.2, 0) is 6.42 Å². The minimum atomic E-state index is 0.622. The fraction of sp³-hybridized carbons (Fsp3) is 0.765. The Morgan fingerprint density at radius 1 is 1.30 bits per heavy atom. The molecule has 1 saturated carbocycles. The summed E-state index contributed by atoms with van der Waals surface area (Å²) in [5.74, 6) is 1.85. The fourth-order valence-electron chi connectivity index (χ4n) is 3.55. The minimum Gasteiger partial charge on any atom is -0.316 e. The van der Waals surface area contributed by atoms with Crippen molar-refractivity contribution in [1.29, 1.82) is 0 Å². The molecule has 1 N–H and O–H groups in total. The van der Waals surface area contributed by atoms with Crippen molar-refractivity contribution in [3.8, 4) is 0 Å². The number of rotatable bonds is 7. The molecule has 1 unspecified atom stereocenters. The molecule has 0 radical (unpaired) electrons. The predicted molar refractivity (Wildman–Crippen MR) is 90.9 cm³/mol. The highest BCUT2D eigenvalue weighted by Gasteiger charge is 2.26. The van der Waals surface area contributed by atoms with Gasteiger partial charge in [-0.05, 0) is 50.3 Å². The smallest absolute Gasteiger partial charge is 0.0931 e. The van der Waals surface area contributed by atoms with Gasteiger partial charge in [-0.2, -0.15) is 0 Å². The van der Waals surface area contributed by atoms with Crippen LogP contribution in [0.2, 0.25) is 4.34 Å². The maximum Gasteiger partial charge on any atom is 0.0931 e. The van der Waals surface area contributed by atoms with Crippen molar-refractivity contribution in [2.24, 2.45) is 11.8 Å². The van der Waals surface area contributed by atoms with E-state index in [-0.39, 0.29) is 0 Å². The number of unbranched alkanes of at least 4 members (excludes halogenated alkanes) is 1. The number of thiophene rings is 1. The molecule has 3 heteroatoms. The standard InChI is InChI=1S/C17H28ClNS/c1-3-4-5-13-6-8-14(9-7-13)16(19-2)12-15-10-11-17(18)20-15/h10-11,13-14,16,19H,3-9,12H2,1-2H3. The van der Waals surface area contributed by atoms with Gasteiger partial charge in [0, 0.05) is 10.9 Å². The number of halogens is 1. The third kappa shape index (κ3) is 4.75. The predicted octanol–water partition coefficient (Wildman–Crippen LogP) is 5.53. The van der Waals surface area contributed by atoms with Gasteiger partial charge in [0.15, 0.2) is 0 Å². The molecule has 1 fully saturated rings. The summed E-state index contributed by atoms with van der Waals surface area (Å²) in [6.07, 6.45) is 11.0. The largest absolute Gasteiger partial charge is 0.316 e. The first-order valence-corrected chi connectivity index (χ1v) is 9.33. The molecule has 20 heavy (non-hydrogen) atoms. The third-order valence-electron chi connectivity index (χ3n) is 4.85. The number of nitrogens with one attached hydrogen (secondary N) is 1. The van der Waals surface area contributed by atoms with Crippen LogP contribution >= 0.6 is 22.9 Å². The first kappa shape index (κ1) is 16.3. The average Bonchev–Trinajstić information content (AvgIpc) is 2.88. The van der Waals surface area contributed by atoms with E-state index >= 15 is 0 Å². The van der Waals surface area contributed by atoms with Crippen LogP contribution < -0.4 is 5.32 Å². The molecule has 0 amide bonds. The lowest BCUT2D eigenvalue weighted by atomic mass is 9.76. The van der Waals surface area contributed by atoms with Crippen molar-refractivity contribution in [3.63, 3.8) is 0 Å². The molecule has 1 aliphatic rings. The number of likely N-dealkylation sites (N-methyl/N-ethyl adjacent to an activating group) is 1. The van der Waals surface area contributed by atoms with Crippen LogP contribution in [0.15, 0.2) is 12.1 Å². The molecular formula is C17H28ClNS. The van der Waals surface area contributed by atoms with Gasteiger partial charge >= 0.3 is 0 Å². The molecule has 0 saturated heterocycles. The Bertz CT molecular complexity index is 382. The molecule has 2 rings (SSSR count). The Kier molecular flexibility index (Phi) is 6.86. The summed E-state index contributed by atoms with van der Waals surface area (Å²) in [5.41, 5.74) is 0. The van der Waals surface area contributed by atoms with Crippen LogP contribution in [0.25, 0.3) is 0 Å². The molecule has 0 aliphatic heterocycles. The van der Waals surface area contributed by atoms with Crippen LogP contribution in [0.3, 0.4) is 0 Å². The van der Waals surface area contributed by atoms with Gasteiger partial charge in [-0.3, -0.25) is 0 Å². The average molecular weight is 314 g/mol. The van der Waals surface area contributed by atoms with E-state index in [4.69, 9.17) is 11.6 Å². The van der Waals surface area contributed by atoms with Crippen molar-refractivity contribution < 1.29 is 0 Å². The van der Waals surface area contributed by atoms with Gasteiger partial charge in [0.1, 0.15) is 0 Å². The lowest BCUT2D eigenvalue weighted by Gasteiger charge is -2.33. The van der Waals surface area contributed by atoms with Crippen LogP contribution in [-0.4, -0.2) is 13.1 Å². The van der Waals surface area contributed by atoms with Gasteiger partial charge in [0.05, 0.1) is 4.34 Å². The van der Waals surface area contributed by atoms with E-state index in [9.17, 15) is 0 Å². The van der Waals surface area contributed by atoms with Crippen molar-refractivity contribution >= 4 is 22.9 Å². The van der Waals surface area contributed by atoms with Gasteiger partial charge < -0.3 is 5.32 Å². The van der Waals surface area contributed by atoms with Crippen LogP contribution in [0.4, 0.5) is 0 Å². The van der Waals surface area contributed by atoms with E-state index in [1.807, 2.05) is 6.07 Å². The van der Waals surface area contributed by atoms with Crippen molar-refractivity contribution in [2.75, 3.05) is 7.05 Å². The summed E-state index contributed by atoms with van der Waals surface area (Å²) >= 11 is 7.77. The molecule has 1 nitrogen and oxygen atoms in total. The van der Waals surface area contributed by atoms with Gasteiger partial charge in [0.25, 0.3) is 0 Å². The highest BCUT2D eigenvalue weighted by molar-refractivity contribution is 7.16. The molecule has 1 aromatic rings. The molecule has 0 spiro atoms. The number of hydrogen-bond donors (Lipinski definition) is 1. The maximum absolute atomic E-state index is 6.04. The summed E-state index contributed by atoms with van der Waals surface area (Å²) in [4.78, 5) is 1.42. The highest BCUT2D eigenvalue weighted by Crippen LogP contribution is 2.35. The lowest BCUT2D eigenvalue weighted by molar-refractivity contribution is 0.216. The van der Waals surface area contributed by atoms with E-state index in [1.54, 1.807) is 11.3 Å². The van der Waals surface area contributed by atoms with Crippen molar-refractivity contribution in [2.45, 2.75) is 64.3 Å². The van der Waals surface area contributed by atoms with Gasteiger partial charge in [-0.1, -0.05) is 50.6 Å². The van der Waals surface area contributed by atoms with Gasteiger partial charge in [-0.15, -0.1) is 11.3 Å². The summed E-state index contributed by atoms with van der Waals surface area (Å²) < 4.78 is 0.915. The molecule has 114 valence electrons. The topological polar surface area (TPSA) is 12.0 Å². The van der Waals surface area contributed by atoms with E-state index < -0.39 is 0 Å². The van der Waals surface area contributed by atoms with Crippen LogP contribution in [0.5, 0.6) is 0 Å². The maximum atomic E-state index is 6.04. The molecule has 1 heterocycles. The van der Waals surface area contributed by atoms with Crippen molar-refractivity contribution in [1.82, 2.24) is 5.32 Å². The normalized spacial score (nSPS) is 24.8. The Labute approximate surface area is 133 Å².